The standard InChI is InChI=1S/C26H28FN5O4/c1-31(17-8-11-32(12-9-17)26(35)22-5-3-13-36-22)25(34)19-14-16(6-7-20(19)27)15-21-23-18(4-2-10-28-23)24(33)30-29-21/h3,5-7,13-14,17,21,28H,2,4,8-12,15H2,1H3. The Balaban J connectivity index is 1.25. The van der Waals surface area contributed by atoms with Gasteiger partial charge in [-0.25, -0.2) is 4.39 Å². The third-order valence-corrected chi connectivity index (χ3v) is 7.17. The lowest BCUT2D eigenvalue weighted by molar-refractivity contribution is -0.115. The minimum absolute atomic E-state index is 0.00118. The van der Waals surface area contributed by atoms with Crippen molar-refractivity contribution in [1.29, 1.82) is 0 Å². The molecule has 1 atom stereocenters. The summed E-state index contributed by atoms with van der Waals surface area (Å²) < 4.78 is 20.0. The van der Waals surface area contributed by atoms with Crippen molar-refractivity contribution in [1.82, 2.24) is 15.1 Å². The summed E-state index contributed by atoms with van der Waals surface area (Å²) in [6.07, 6.45) is 4.59. The lowest BCUT2D eigenvalue weighted by Crippen LogP contribution is -2.47. The molecule has 1 fully saturated rings. The second kappa shape index (κ2) is 10.0. The minimum Gasteiger partial charge on any atom is -0.459 e. The molecule has 3 aliphatic heterocycles. The Labute approximate surface area is 208 Å². The number of nitrogens with one attached hydrogen (secondary N) is 1. The number of nitrogens with zero attached hydrogens (tertiary/aromatic N) is 4. The van der Waals surface area contributed by atoms with E-state index in [1.165, 1.54) is 12.3 Å². The SMILES string of the molecule is CN(C(=O)c1cc(CC2N=NC(=O)C3=C2NCCC3)ccc1F)C1CCN(C(=O)c2ccco2)CC1. The molecule has 36 heavy (non-hydrogen) atoms. The van der Waals surface area contributed by atoms with E-state index < -0.39 is 11.7 Å². The zero-order chi connectivity index (χ0) is 25.2. The summed E-state index contributed by atoms with van der Waals surface area (Å²) in [6, 6.07) is 7.34. The number of hydrogen-bond donors (Lipinski definition) is 1. The molecule has 0 radical (unpaired) electrons. The minimum atomic E-state index is -0.586. The first-order valence-corrected chi connectivity index (χ1v) is 12.2. The molecule has 0 spiro atoms. The van der Waals surface area contributed by atoms with Crippen LogP contribution in [0.25, 0.3) is 0 Å². The van der Waals surface area contributed by atoms with Crippen LogP contribution in [0.2, 0.25) is 0 Å². The Hall–Kier alpha value is -3.82. The van der Waals surface area contributed by atoms with E-state index in [4.69, 9.17) is 4.42 Å². The predicted molar refractivity (Wildman–Crippen MR) is 128 cm³/mol. The highest BCUT2D eigenvalue weighted by Crippen LogP contribution is 2.28. The van der Waals surface area contributed by atoms with Crippen molar-refractivity contribution in [3.8, 4) is 0 Å². The van der Waals surface area contributed by atoms with Gasteiger partial charge in [0.2, 0.25) is 0 Å². The van der Waals surface area contributed by atoms with Gasteiger partial charge in [-0.1, -0.05) is 6.07 Å². The van der Waals surface area contributed by atoms with Gasteiger partial charge < -0.3 is 19.5 Å². The topological polar surface area (TPSA) is 108 Å². The van der Waals surface area contributed by atoms with Gasteiger partial charge in [-0.15, -0.1) is 5.11 Å². The summed E-state index contributed by atoms with van der Waals surface area (Å²) in [4.78, 5) is 41.1. The zero-order valence-corrected chi connectivity index (χ0v) is 20.1. The number of halogens is 1. The van der Waals surface area contributed by atoms with Crippen LogP contribution in [0.1, 0.15) is 52.2 Å². The number of benzene rings is 1. The van der Waals surface area contributed by atoms with Gasteiger partial charge in [0, 0.05) is 50.4 Å². The van der Waals surface area contributed by atoms with Crippen LogP contribution in [-0.2, 0) is 11.2 Å². The molecule has 4 heterocycles. The van der Waals surface area contributed by atoms with E-state index in [9.17, 15) is 18.8 Å². The second-order valence-corrected chi connectivity index (χ2v) is 9.39. The number of hydrogen-bond acceptors (Lipinski definition) is 6. The average molecular weight is 494 g/mol. The van der Waals surface area contributed by atoms with Crippen molar-refractivity contribution in [2.24, 2.45) is 10.2 Å². The molecule has 9 nitrogen and oxygen atoms in total. The summed E-state index contributed by atoms with van der Waals surface area (Å²) in [5, 5.41) is 11.2. The molecule has 0 bridgehead atoms. The third-order valence-electron chi connectivity index (χ3n) is 7.17. The second-order valence-electron chi connectivity index (χ2n) is 9.39. The maximum absolute atomic E-state index is 14.8. The molecule has 1 aromatic carbocycles. The molecule has 3 aliphatic rings. The number of piperidine rings is 1. The number of likely N-dealkylation sites (tertiary alicyclic amines) is 1. The predicted octanol–water partition coefficient (Wildman–Crippen LogP) is 3.34. The molecule has 2 aromatic rings. The summed E-state index contributed by atoms with van der Waals surface area (Å²) in [5.41, 5.74) is 2.19. The first kappa shape index (κ1) is 23.9. The van der Waals surface area contributed by atoms with E-state index in [0.717, 1.165) is 24.2 Å². The molecule has 1 aromatic heterocycles. The lowest BCUT2D eigenvalue weighted by Gasteiger charge is -2.36. The number of amides is 3. The van der Waals surface area contributed by atoms with Gasteiger partial charge in [0.15, 0.2) is 5.76 Å². The van der Waals surface area contributed by atoms with Crippen molar-refractivity contribution in [3.63, 3.8) is 0 Å². The van der Waals surface area contributed by atoms with Crippen molar-refractivity contribution in [2.75, 3.05) is 26.7 Å². The van der Waals surface area contributed by atoms with Gasteiger partial charge in [-0.05, 0) is 55.5 Å². The largest absolute Gasteiger partial charge is 0.459 e. The summed E-state index contributed by atoms with van der Waals surface area (Å²) in [7, 11) is 1.67. The first-order valence-electron chi connectivity index (χ1n) is 12.2. The van der Waals surface area contributed by atoms with Crippen molar-refractivity contribution >= 4 is 17.7 Å². The summed E-state index contributed by atoms with van der Waals surface area (Å²) in [6.45, 7) is 1.74. The number of carbonyl (C=O) groups excluding carboxylic acids is 3. The zero-order valence-electron chi connectivity index (χ0n) is 20.1. The van der Waals surface area contributed by atoms with Crippen molar-refractivity contribution in [2.45, 2.75) is 44.2 Å². The summed E-state index contributed by atoms with van der Waals surface area (Å²) >= 11 is 0. The van der Waals surface area contributed by atoms with Gasteiger partial charge in [-0.2, -0.15) is 5.11 Å². The average Bonchev–Trinajstić information content (AvgIpc) is 3.45. The van der Waals surface area contributed by atoms with Crippen LogP contribution in [-0.4, -0.2) is 66.3 Å². The van der Waals surface area contributed by atoms with Crippen LogP contribution in [0.4, 0.5) is 4.39 Å². The van der Waals surface area contributed by atoms with Gasteiger partial charge >= 0.3 is 0 Å². The highest BCUT2D eigenvalue weighted by atomic mass is 19.1. The van der Waals surface area contributed by atoms with E-state index in [-0.39, 0.29) is 29.5 Å². The number of azo groups is 1. The number of furan rings is 1. The lowest BCUT2D eigenvalue weighted by atomic mass is 9.93. The van der Waals surface area contributed by atoms with Gasteiger partial charge in [0.05, 0.1) is 11.8 Å². The number of carbonyl (C=O) groups is 3. The number of rotatable bonds is 5. The molecule has 0 saturated carbocycles. The Morgan fingerprint density at radius 1 is 1.25 bits per heavy atom. The van der Waals surface area contributed by atoms with Crippen LogP contribution in [0.15, 0.2) is 62.5 Å². The van der Waals surface area contributed by atoms with E-state index in [0.29, 0.717) is 50.1 Å². The summed E-state index contributed by atoms with van der Waals surface area (Å²) in [5.74, 6) is -1.16. The molecular weight excluding hydrogens is 465 g/mol. The Kier molecular flexibility index (Phi) is 6.67. The van der Waals surface area contributed by atoms with Crippen LogP contribution in [0.3, 0.4) is 0 Å². The monoisotopic (exact) mass is 493 g/mol. The van der Waals surface area contributed by atoms with E-state index >= 15 is 0 Å². The first-order chi connectivity index (χ1) is 17.4. The van der Waals surface area contributed by atoms with Crippen molar-refractivity contribution in [3.05, 3.63) is 70.6 Å². The maximum atomic E-state index is 14.8. The quantitative estimate of drug-likeness (QED) is 0.688. The molecule has 10 heteroatoms. The normalized spacial score (nSPS) is 20.2. The fraction of sp³-hybridized carbons (Fsp3) is 0.423. The maximum Gasteiger partial charge on any atom is 0.292 e. The van der Waals surface area contributed by atoms with Crippen LogP contribution < -0.4 is 5.32 Å². The molecule has 3 amide bonds. The Morgan fingerprint density at radius 2 is 2.06 bits per heavy atom. The Bertz CT molecular complexity index is 1230. The molecule has 0 aliphatic carbocycles. The van der Waals surface area contributed by atoms with E-state index in [1.807, 2.05) is 0 Å². The van der Waals surface area contributed by atoms with Crippen LogP contribution >= 0.6 is 0 Å². The fourth-order valence-electron chi connectivity index (χ4n) is 5.11. The third kappa shape index (κ3) is 4.67. The molecular formula is C26H28FN5O4. The smallest absolute Gasteiger partial charge is 0.292 e. The van der Waals surface area contributed by atoms with Crippen LogP contribution in [0, 0.1) is 5.82 Å². The molecule has 5 rings (SSSR count). The van der Waals surface area contributed by atoms with Crippen LogP contribution in [0.5, 0.6) is 0 Å². The molecule has 1 saturated heterocycles. The van der Waals surface area contributed by atoms with E-state index in [1.54, 1.807) is 41.1 Å². The molecule has 1 unspecified atom stereocenters. The molecule has 188 valence electrons. The van der Waals surface area contributed by atoms with Crippen molar-refractivity contribution < 1.29 is 23.2 Å². The van der Waals surface area contributed by atoms with Gasteiger partial charge in [0.25, 0.3) is 17.7 Å². The Morgan fingerprint density at radius 3 is 2.81 bits per heavy atom. The fourth-order valence-corrected chi connectivity index (χ4v) is 5.11. The highest BCUT2D eigenvalue weighted by molar-refractivity contribution is 5.96. The highest BCUT2D eigenvalue weighted by Gasteiger charge is 2.32. The van der Waals surface area contributed by atoms with Gasteiger partial charge in [0.1, 0.15) is 11.9 Å². The molecule has 1 N–H and O–H groups in total. The van der Waals surface area contributed by atoms with E-state index in [2.05, 4.69) is 15.5 Å². The van der Waals surface area contributed by atoms with Gasteiger partial charge in [-0.3, -0.25) is 14.4 Å².